The van der Waals surface area contributed by atoms with Crippen molar-refractivity contribution in [3.8, 4) is 17.2 Å². The molecule has 7 nitrogen and oxygen atoms in total. The largest absolute Gasteiger partial charge is 0.508 e. The van der Waals surface area contributed by atoms with E-state index in [1.54, 1.807) is 30.6 Å². The van der Waals surface area contributed by atoms with E-state index < -0.39 is 0 Å². The quantitative estimate of drug-likeness (QED) is 0.904. The molecule has 3 heterocycles. The Bertz CT molecular complexity index is 771. The highest BCUT2D eigenvalue weighted by molar-refractivity contribution is 5.48. The van der Waals surface area contributed by atoms with Crippen LogP contribution in [0.25, 0.3) is 0 Å². The van der Waals surface area contributed by atoms with Crippen molar-refractivity contribution in [1.29, 1.82) is 0 Å². The van der Waals surface area contributed by atoms with Crippen LogP contribution in [0.3, 0.4) is 0 Å². The van der Waals surface area contributed by atoms with Crippen LogP contribution >= 0.6 is 0 Å². The molecule has 0 bridgehead atoms. The summed E-state index contributed by atoms with van der Waals surface area (Å²) < 4.78 is 11.8. The normalized spacial score (nSPS) is 17.2. The van der Waals surface area contributed by atoms with Gasteiger partial charge >= 0.3 is 0 Å². The predicted octanol–water partition coefficient (Wildman–Crippen LogP) is 1.96. The summed E-state index contributed by atoms with van der Waals surface area (Å²) >= 11 is 0. The van der Waals surface area contributed by atoms with Crippen LogP contribution < -0.4 is 14.4 Å². The van der Waals surface area contributed by atoms with Crippen LogP contribution in [0.1, 0.15) is 6.92 Å². The third kappa shape index (κ3) is 2.68. The molecule has 1 N–H and O–H groups in total. The number of hydrogen-bond donors (Lipinski definition) is 1. The highest BCUT2D eigenvalue weighted by Gasteiger charge is 2.27. The molecule has 0 unspecified atom stereocenters. The van der Waals surface area contributed by atoms with Crippen molar-refractivity contribution in [2.75, 3.05) is 31.1 Å². The maximum atomic E-state index is 9.55. The van der Waals surface area contributed by atoms with Crippen LogP contribution in [0.4, 0.5) is 5.95 Å². The van der Waals surface area contributed by atoms with Crippen molar-refractivity contribution in [2.24, 2.45) is 0 Å². The number of aromatic nitrogens is 2. The van der Waals surface area contributed by atoms with E-state index in [0.29, 0.717) is 17.3 Å². The van der Waals surface area contributed by atoms with E-state index in [9.17, 15) is 5.11 Å². The summed E-state index contributed by atoms with van der Waals surface area (Å²) in [6.45, 7) is 5.08. The first-order valence-electron chi connectivity index (χ1n) is 7.87. The van der Waals surface area contributed by atoms with Gasteiger partial charge in [0.1, 0.15) is 5.75 Å². The molecule has 1 aromatic heterocycles. The number of phenolic OH excluding ortho intramolecular Hbond substituents is 1. The average Bonchev–Trinajstić information content (AvgIpc) is 2.62. The fourth-order valence-electron chi connectivity index (χ4n) is 2.90. The molecule has 24 heavy (non-hydrogen) atoms. The van der Waals surface area contributed by atoms with Crippen LogP contribution in [0.2, 0.25) is 0 Å². The molecule has 7 heteroatoms. The highest BCUT2D eigenvalue weighted by Crippen LogP contribution is 2.38. The molecule has 1 aromatic carbocycles. The molecule has 4 rings (SSSR count). The van der Waals surface area contributed by atoms with E-state index >= 15 is 0 Å². The van der Waals surface area contributed by atoms with Gasteiger partial charge in [0.2, 0.25) is 11.8 Å². The summed E-state index contributed by atoms with van der Waals surface area (Å²) in [4.78, 5) is 12.9. The fourth-order valence-corrected chi connectivity index (χ4v) is 2.90. The van der Waals surface area contributed by atoms with Gasteiger partial charge in [0.25, 0.3) is 0 Å². The van der Waals surface area contributed by atoms with Gasteiger partial charge in [0.05, 0.1) is 0 Å². The van der Waals surface area contributed by atoms with Gasteiger partial charge in [-0.25, -0.2) is 9.97 Å². The summed E-state index contributed by atoms with van der Waals surface area (Å²) in [5.74, 6) is 3.48. The molecule has 2 aliphatic heterocycles. The summed E-state index contributed by atoms with van der Waals surface area (Å²) in [6, 6.07) is 6.67. The van der Waals surface area contributed by atoms with Crippen LogP contribution in [-0.2, 0) is 0 Å². The number of ether oxygens (including phenoxy) is 2. The van der Waals surface area contributed by atoms with Gasteiger partial charge in [0, 0.05) is 44.6 Å². The van der Waals surface area contributed by atoms with E-state index in [1.165, 1.54) is 0 Å². The smallest absolute Gasteiger partial charge is 0.234 e. The third-order valence-corrected chi connectivity index (χ3v) is 4.10. The predicted molar refractivity (Wildman–Crippen MR) is 87.9 cm³/mol. The minimum atomic E-state index is 0.157. The SMILES string of the molecule is CC1=C(N2CCN(c3ncccn3)CC2)Oc2ccc(O)cc2O1. The van der Waals surface area contributed by atoms with E-state index in [-0.39, 0.29) is 5.75 Å². The van der Waals surface area contributed by atoms with Gasteiger partial charge in [0.15, 0.2) is 17.3 Å². The number of fused-ring (bicyclic) bond motifs is 1. The first-order chi connectivity index (χ1) is 11.7. The van der Waals surface area contributed by atoms with Gasteiger partial charge in [-0.15, -0.1) is 0 Å². The van der Waals surface area contributed by atoms with Gasteiger partial charge in [-0.2, -0.15) is 0 Å². The number of hydrogen-bond acceptors (Lipinski definition) is 7. The van der Waals surface area contributed by atoms with Crippen molar-refractivity contribution in [3.05, 3.63) is 48.3 Å². The number of phenols is 1. The summed E-state index contributed by atoms with van der Waals surface area (Å²) in [5.41, 5.74) is 0. The lowest BCUT2D eigenvalue weighted by molar-refractivity contribution is 0.162. The van der Waals surface area contributed by atoms with Crippen molar-refractivity contribution in [2.45, 2.75) is 6.92 Å². The van der Waals surface area contributed by atoms with Crippen molar-refractivity contribution < 1.29 is 14.6 Å². The van der Waals surface area contributed by atoms with E-state index in [4.69, 9.17) is 9.47 Å². The number of aromatic hydroxyl groups is 1. The van der Waals surface area contributed by atoms with Gasteiger partial charge in [-0.05, 0) is 25.1 Å². The summed E-state index contributed by atoms with van der Waals surface area (Å²) in [5, 5.41) is 9.55. The second kappa shape index (κ2) is 5.92. The molecule has 0 saturated carbocycles. The summed E-state index contributed by atoms with van der Waals surface area (Å²) in [7, 11) is 0. The molecule has 0 amide bonds. The van der Waals surface area contributed by atoms with Crippen LogP contribution in [-0.4, -0.2) is 46.2 Å². The Hall–Kier alpha value is -2.96. The second-order valence-electron chi connectivity index (χ2n) is 5.72. The molecular weight excluding hydrogens is 308 g/mol. The molecule has 0 aliphatic carbocycles. The molecule has 2 aromatic rings. The monoisotopic (exact) mass is 326 g/mol. The lowest BCUT2D eigenvalue weighted by atomic mass is 10.2. The Morgan fingerprint density at radius 1 is 0.958 bits per heavy atom. The van der Waals surface area contributed by atoms with Gasteiger partial charge in [-0.3, -0.25) is 0 Å². The van der Waals surface area contributed by atoms with Gasteiger partial charge < -0.3 is 24.4 Å². The molecular formula is C17H18N4O3. The second-order valence-corrected chi connectivity index (χ2v) is 5.72. The molecule has 0 radical (unpaired) electrons. The zero-order valence-corrected chi connectivity index (χ0v) is 13.3. The number of piperazine rings is 1. The lowest BCUT2D eigenvalue weighted by Crippen LogP contribution is -2.48. The van der Waals surface area contributed by atoms with E-state index in [0.717, 1.165) is 38.0 Å². The number of allylic oxidation sites excluding steroid dienone is 1. The highest BCUT2D eigenvalue weighted by atomic mass is 16.6. The Morgan fingerprint density at radius 3 is 2.42 bits per heavy atom. The Morgan fingerprint density at radius 2 is 1.67 bits per heavy atom. The topological polar surface area (TPSA) is 71.0 Å². The van der Waals surface area contributed by atoms with E-state index in [1.807, 2.05) is 13.0 Å². The van der Waals surface area contributed by atoms with Crippen LogP contribution in [0.15, 0.2) is 48.3 Å². The minimum absolute atomic E-state index is 0.157. The zero-order chi connectivity index (χ0) is 16.5. The van der Waals surface area contributed by atoms with Crippen LogP contribution in [0.5, 0.6) is 17.2 Å². The van der Waals surface area contributed by atoms with Crippen molar-refractivity contribution in [1.82, 2.24) is 14.9 Å². The molecule has 2 aliphatic rings. The Labute approximate surface area is 139 Å². The summed E-state index contributed by atoms with van der Waals surface area (Å²) in [6.07, 6.45) is 3.51. The number of rotatable bonds is 2. The molecule has 0 atom stereocenters. The minimum Gasteiger partial charge on any atom is -0.508 e. The fraction of sp³-hybridized carbons (Fsp3) is 0.294. The van der Waals surface area contributed by atoms with E-state index in [2.05, 4.69) is 19.8 Å². The van der Waals surface area contributed by atoms with Crippen molar-refractivity contribution >= 4 is 5.95 Å². The third-order valence-electron chi connectivity index (χ3n) is 4.10. The Balaban J connectivity index is 1.47. The number of anilines is 1. The first kappa shape index (κ1) is 14.6. The number of nitrogens with zero attached hydrogens (tertiary/aromatic N) is 4. The molecule has 124 valence electrons. The molecule has 0 spiro atoms. The van der Waals surface area contributed by atoms with Crippen molar-refractivity contribution in [3.63, 3.8) is 0 Å². The Kier molecular flexibility index (Phi) is 3.60. The standard InChI is InChI=1S/C17H18N4O3/c1-12-16(24-14-4-3-13(22)11-15(14)23-12)20-7-9-21(10-8-20)17-18-5-2-6-19-17/h2-6,11,22H,7-10H2,1H3. The maximum Gasteiger partial charge on any atom is 0.234 e. The maximum absolute atomic E-state index is 9.55. The lowest BCUT2D eigenvalue weighted by Gasteiger charge is -2.38. The first-order valence-corrected chi connectivity index (χ1v) is 7.87. The molecule has 1 fully saturated rings. The van der Waals surface area contributed by atoms with Crippen LogP contribution in [0, 0.1) is 0 Å². The zero-order valence-electron chi connectivity index (χ0n) is 13.3. The molecule has 1 saturated heterocycles. The number of benzene rings is 1. The van der Waals surface area contributed by atoms with Gasteiger partial charge in [-0.1, -0.05) is 0 Å². The average molecular weight is 326 g/mol.